The highest BCUT2D eigenvalue weighted by atomic mass is 32.1. The molecule has 0 aliphatic carbocycles. The van der Waals surface area contributed by atoms with E-state index in [1.165, 1.54) is 15.9 Å². The molecule has 0 radical (unpaired) electrons. The van der Waals surface area contributed by atoms with E-state index in [9.17, 15) is 9.59 Å². The van der Waals surface area contributed by atoms with Crippen LogP contribution in [0.4, 0.5) is 0 Å². The Labute approximate surface area is 126 Å². The van der Waals surface area contributed by atoms with E-state index in [4.69, 9.17) is 5.11 Å². The summed E-state index contributed by atoms with van der Waals surface area (Å²) in [6.07, 6.45) is 1.01. The molecule has 0 atom stereocenters. The normalized spacial score (nSPS) is 10.8. The summed E-state index contributed by atoms with van der Waals surface area (Å²) in [5.74, 6) is -0.917. The van der Waals surface area contributed by atoms with E-state index >= 15 is 0 Å². The van der Waals surface area contributed by atoms with Gasteiger partial charge in [0, 0.05) is 16.6 Å². The third kappa shape index (κ3) is 3.36. The van der Waals surface area contributed by atoms with Crippen LogP contribution in [-0.4, -0.2) is 25.6 Å². The summed E-state index contributed by atoms with van der Waals surface area (Å²) < 4.78 is 1.53. The summed E-state index contributed by atoms with van der Waals surface area (Å²) in [7, 11) is 0. The highest BCUT2D eigenvalue weighted by Gasteiger charge is 2.17. The second-order valence-electron chi connectivity index (χ2n) is 4.61. The van der Waals surface area contributed by atoms with Crippen molar-refractivity contribution in [3.8, 4) is 0 Å². The smallest absolute Gasteiger partial charge is 0.348 e. The van der Waals surface area contributed by atoms with Crippen molar-refractivity contribution < 1.29 is 9.90 Å². The molecule has 0 saturated heterocycles. The van der Waals surface area contributed by atoms with Crippen LogP contribution in [0.3, 0.4) is 0 Å². The van der Waals surface area contributed by atoms with Gasteiger partial charge in [-0.1, -0.05) is 13.8 Å². The number of carboxylic acid groups (broad SMARTS) is 1. The highest BCUT2D eigenvalue weighted by molar-refractivity contribution is 7.07. The topological polar surface area (TPSA) is 85.1 Å². The number of carbonyl (C=O) groups is 1. The van der Waals surface area contributed by atoms with Gasteiger partial charge >= 0.3 is 11.7 Å². The molecule has 2 rings (SSSR count). The molecule has 6 nitrogen and oxygen atoms in total. The number of hydrogen-bond donors (Lipinski definition) is 1. The van der Waals surface area contributed by atoms with Gasteiger partial charge in [0.15, 0.2) is 0 Å². The van der Waals surface area contributed by atoms with Gasteiger partial charge in [-0.2, -0.15) is 4.98 Å². The molecular formula is C14H17N3O3S. The van der Waals surface area contributed by atoms with Gasteiger partial charge in [-0.05, 0) is 12.8 Å². The lowest BCUT2D eigenvalue weighted by molar-refractivity contribution is -0.136. The third-order valence-corrected chi connectivity index (χ3v) is 3.92. The Morgan fingerprint density at radius 3 is 2.67 bits per heavy atom. The van der Waals surface area contributed by atoms with Crippen molar-refractivity contribution in [3.63, 3.8) is 0 Å². The maximum absolute atomic E-state index is 12.2. The van der Waals surface area contributed by atoms with Crippen molar-refractivity contribution >= 4 is 17.3 Å². The zero-order valence-corrected chi connectivity index (χ0v) is 12.8. The largest absolute Gasteiger partial charge is 0.481 e. The molecule has 2 aromatic heterocycles. The van der Waals surface area contributed by atoms with E-state index in [0.717, 1.165) is 11.4 Å². The summed E-state index contributed by atoms with van der Waals surface area (Å²) in [5.41, 5.74) is 4.12. The Hall–Kier alpha value is -2.02. The van der Waals surface area contributed by atoms with Crippen molar-refractivity contribution in [2.45, 2.75) is 39.7 Å². The fourth-order valence-electron chi connectivity index (χ4n) is 2.38. The van der Waals surface area contributed by atoms with Crippen LogP contribution in [0.5, 0.6) is 0 Å². The van der Waals surface area contributed by atoms with Crippen molar-refractivity contribution in [2.24, 2.45) is 0 Å². The number of rotatable bonds is 6. The van der Waals surface area contributed by atoms with Crippen molar-refractivity contribution in [1.82, 2.24) is 14.5 Å². The van der Waals surface area contributed by atoms with Gasteiger partial charge in [-0.15, -0.1) is 11.3 Å². The SMILES string of the molecule is CCc1nc(=O)n(Cc2cscn2)c(CC)c1CC(=O)O. The Kier molecular flexibility index (Phi) is 4.85. The van der Waals surface area contributed by atoms with E-state index in [1.54, 1.807) is 5.51 Å². The second kappa shape index (κ2) is 6.62. The van der Waals surface area contributed by atoms with Gasteiger partial charge in [-0.25, -0.2) is 9.78 Å². The van der Waals surface area contributed by atoms with Crippen LogP contribution in [0.25, 0.3) is 0 Å². The van der Waals surface area contributed by atoms with Gasteiger partial charge in [0.25, 0.3) is 0 Å². The average Bonchev–Trinajstić information content (AvgIpc) is 2.94. The van der Waals surface area contributed by atoms with E-state index in [1.807, 2.05) is 19.2 Å². The van der Waals surface area contributed by atoms with Crippen LogP contribution >= 0.6 is 11.3 Å². The predicted octanol–water partition coefficient (Wildman–Crippen LogP) is 1.50. The molecule has 7 heteroatoms. The fourth-order valence-corrected chi connectivity index (χ4v) is 2.93. The Morgan fingerprint density at radius 1 is 1.38 bits per heavy atom. The molecule has 2 heterocycles. The molecule has 112 valence electrons. The quantitative estimate of drug-likeness (QED) is 0.874. The minimum absolute atomic E-state index is 0.114. The molecule has 1 N–H and O–H groups in total. The number of aromatic nitrogens is 3. The van der Waals surface area contributed by atoms with E-state index in [2.05, 4.69) is 9.97 Å². The summed E-state index contributed by atoms with van der Waals surface area (Å²) in [6.45, 7) is 4.11. The number of thiazole rings is 1. The van der Waals surface area contributed by atoms with Gasteiger partial charge in [-0.3, -0.25) is 9.36 Å². The first-order valence-corrected chi connectivity index (χ1v) is 7.71. The molecular weight excluding hydrogens is 290 g/mol. The van der Waals surface area contributed by atoms with Crippen LogP contribution in [0.2, 0.25) is 0 Å². The maximum atomic E-state index is 12.2. The molecule has 0 saturated carbocycles. The predicted molar refractivity (Wildman–Crippen MR) is 79.8 cm³/mol. The summed E-state index contributed by atoms with van der Waals surface area (Å²) in [5, 5.41) is 11.0. The van der Waals surface area contributed by atoms with E-state index < -0.39 is 5.97 Å². The van der Waals surface area contributed by atoms with Crippen LogP contribution in [0.15, 0.2) is 15.7 Å². The molecule has 0 amide bonds. The summed E-state index contributed by atoms with van der Waals surface area (Å²) in [4.78, 5) is 31.5. The van der Waals surface area contributed by atoms with Crippen molar-refractivity contribution in [1.29, 1.82) is 0 Å². The van der Waals surface area contributed by atoms with Crippen LogP contribution in [0, 0.1) is 0 Å². The molecule has 0 aliphatic rings. The molecule has 0 bridgehead atoms. The maximum Gasteiger partial charge on any atom is 0.348 e. The number of aryl methyl sites for hydroxylation is 1. The van der Waals surface area contributed by atoms with Gasteiger partial charge < -0.3 is 5.11 Å². The first-order chi connectivity index (χ1) is 10.1. The number of nitrogens with zero attached hydrogens (tertiary/aromatic N) is 3. The monoisotopic (exact) mass is 307 g/mol. The zero-order valence-electron chi connectivity index (χ0n) is 12.0. The van der Waals surface area contributed by atoms with Gasteiger partial charge in [0.2, 0.25) is 0 Å². The second-order valence-corrected chi connectivity index (χ2v) is 5.33. The van der Waals surface area contributed by atoms with Crippen molar-refractivity contribution in [2.75, 3.05) is 0 Å². The molecule has 2 aromatic rings. The van der Waals surface area contributed by atoms with Crippen molar-refractivity contribution in [3.05, 3.63) is 44.0 Å². The number of aliphatic carboxylic acids is 1. The average molecular weight is 307 g/mol. The summed E-state index contributed by atoms with van der Waals surface area (Å²) >= 11 is 1.46. The van der Waals surface area contributed by atoms with Gasteiger partial charge in [0.05, 0.1) is 29.9 Å². The first-order valence-electron chi connectivity index (χ1n) is 6.77. The molecule has 0 unspecified atom stereocenters. The minimum atomic E-state index is -0.917. The first kappa shape index (κ1) is 15.4. The third-order valence-electron chi connectivity index (χ3n) is 3.29. The van der Waals surface area contributed by atoms with Crippen LogP contribution in [0.1, 0.15) is 36.5 Å². The number of carboxylic acids is 1. The highest BCUT2D eigenvalue weighted by Crippen LogP contribution is 2.15. The number of hydrogen-bond acceptors (Lipinski definition) is 5. The molecule has 0 fully saturated rings. The minimum Gasteiger partial charge on any atom is -0.481 e. The molecule has 0 aromatic carbocycles. The summed E-state index contributed by atoms with van der Waals surface area (Å²) in [6, 6.07) is 0. The van der Waals surface area contributed by atoms with Crippen LogP contribution in [-0.2, 0) is 30.6 Å². The van der Waals surface area contributed by atoms with E-state index in [-0.39, 0.29) is 12.1 Å². The Morgan fingerprint density at radius 2 is 2.14 bits per heavy atom. The standard InChI is InChI=1S/C14H17N3O3S/c1-3-11-10(5-13(18)19)12(4-2)17(14(20)16-11)6-9-7-21-8-15-9/h7-8H,3-6H2,1-2H3,(H,18,19). The lowest BCUT2D eigenvalue weighted by atomic mass is 10.0. The van der Waals surface area contributed by atoms with E-state index in [0.29, 0.717) is 30.6 Å². The molecule has 21 heavy (non-hydrogen) atoms. The molecule has 0 spiro atoms. The molecule has 0 aliphatic heterocycles. The van der Waals surface area contributed by atoms with Crippen LogP contribution < -0.4 is 5.69 Å². The lowest BCUT2D eigenvalue weighted by Crippen LogP contribution is -2.30. The fraction of sp³-hybridized carbons (Fsp3) is 0.429. The Bertz CT molecular complexity index is 692. The lowest BCUT2D eigenvalue weighted by Gasteiger charge is -2.16. The van der Waals surface area contributed by atoms with Gasteiger partial charge in [0.1, 0.15) is 0 Å². The Balaban J connectivity index is 2.58. The zero-order chi connectivity index (χ0) is 15.4.